The van der Waals surface area contributed by atoms with E-state index in [9.17, 15) is 4.79 Å². The van der Waals surface area contributed by atoms with Crippen LogP contribution in [0.25, 0.3) is 16.7 Å². The number of aryl methyl sites for hydroxylation is 3. The maximum Gasteiger partial charge on any atom is 0.256 e. The number of imidazole rings is 1. The van der Waals surface area contributed by atoms with E-state index in [0.717, 1.165) is 40.8 Å². The second-order valence-electron chi connectivity index (χ2n) is 9.48. The Hall–Kier alpha value is -3.88. The molecule has 36 heavy (non-hydrogen) atoms. The number of hydrogen-bond acceptors (Lipinski definition) is 6. The van der Waals surface area contributed by atoms with Crippen molar-refractivity contribution in [3.8, 4) is 17.2 Å². The van der Waals surface area contributed by atoms with Crippen molar-refractivity contribution in [1.82, 2.24) is 29.4 Å². The van der Waals surface area contributed by atoms with Crippen LogP contribution in [0, 0.1) is 13.8 Å². The monoisotopic (exact) mass is 488 g/mol. The molecule has 0 radical (unpaired) electrons. The fourth-order valence-corrected chi connectivity index (χ4v) is 5.33. The molecule has 0 N–H and O–H groups in total. The Morgan fingerprint density at radius 1 is 1.03 bits per heavy atom. The Balaban J connectivity index is 1.64. The quantitative estimate of drug-likeness (QED) is 0.399. The van der Waals surface area contributed by atoms with Gasteiger partial charge < -0.3 is 18.9 Å². The third kappa shape index (κ3) is 3.61. The molecule has 5 rings (SSSR count). The topological polar surface area (TPSA) is 87.3 Å². The second-order valence-corrected chi connectivity index (χ2v) is 9.48. The summed E-state index contributed by atoms with van der Waals surface area (Å²) in [5, 5.41) is 8.61. The number of nitrogens with zero attached hydrogens (tertiary/aromatic N) is 6. The summed E-state index contributed by atoms with van der Waals surface area (Å²) < 4.78 is 13.2. The molecule has 2 aromatic heterocycles. The Bertz CT molecular complexity index is 1440. The first kappa shape index (κ1) is 23.8. The number of carbonyl (C=O) groups is 1. The number of fused-ring (bicyclic) bond motifs is 1. The van der Waals surface area contributed by atoms with Crippen LogP contribution < -0.4 is 9.47 Å². The molecule has 0 bridgehead atoms. The van der Waals surface area contributed by atoms with E-state index in [1.54, 1.807) is 26.6 Å². The third-order valence-electron chi connectivity index (χ3n) is 7.41. The summed E-state index contributed by atoms with van der Waals surface area (Å²) in [6, 6.07) is 7.80. The van der Waals surface area contributed by atoms with Gasteiger partial charge in [-0.3, -0.25) is 4.79 Å². The van der Waals surface area contributed by atoms with E-state index in [-0.39, 0.29) is 5.91 Å². The van der Waals surface area contributed by atoms with Crippen LogP contribution in [0.15, 0.2) is 36.7 Å². The van der Waals surface area contributed by atoms with Gasteiger partial charge in [0.25, 0.3) is 5.91 Å². The van der Waals surface area contributed by atoms with Gasteiger partial charge in [-0.15, -0.1) is 0 Å². The fraction of sp³-hybridized carbons (Fsp3) is 0.407. The van der Waals surface area contributed by atoms with E-state index in [4.69, 9.17) is 14.5 Å². The summed E-state index contributed by atoms with van der Waals surface area (Å²) in [7, 11) is 3.25. The van der Waals surface area contributed by atoms with Gasteiger partial charge in [-0.2, -0.15) is 15.0 Å². The maximum absolute atomic E-state index is 14.2. The van der Waals surface area contributed by atoms with Crippen LogP contribution >= 0.6 is 0 Å². The summed E-state index contributed by atoms with van der Waals surface area (Å²) in [5.74, 6) is 2.11. The van der Waals surface area contributed by atoms with Crippen LogP contribution in [0.3, 0.4) is 0 Å². The molecule has 1 fully saturated rings. The lowest BCUT2D eigenvalue weighted by molar-refractivity contribution is 0.0598. The van der Waals surface area contributed by atoms with E-state index in [0.29, 0.717) is 35.8 Å². The molecule has 1 aliphatic heterocycles. The Morgan fingerprint density at radius 3 is 2.36 bits per heavy atom. The van der Waals surface area contributed by atoms with Crippen LogP contribution in [0.2, 0.25) is 0 Å². The summed E-state index contributed by atoms with van der Waals surface area (Å²) in [6.45, 7) is 9.62. The highest BCUT2D eigenvalue weighted by molar-refractivity contribution is 5.99. The zero-order chi connectivity index (χ0) is 25.6. The largest absolute Gasteiger partial charge is 0.493 e. The molecule has 1 atom stereocenters. The van der Waals surface area contributed by atoms with Crippen LogP contribution in [0.1, 0.15) is 54.0 Å². The van der Waals surface area contributed by atoms with Gasteiger partial charge in [0.1, 0.15) is 5.82 Å². The number of rotatable bonds is 6. The van der Waals surface area contributed by atoms with Crippen molar-refractivity contribution in [3.63, 3.8) is 0 Å². The predicted molar refractivity (Wildman–Crippen MR) is 137 cm³/mol. The van der Waals surface area contributed by atoms with E-state index >= 15 is 0 Å². The fourth-order valence-electron chi connectivity index (χ4n) is 5.33. The molecule has 188 valence electrons. The highest BCUT2D eigenvalue weighted by Gasteiger charge is 2.45. The number of ether oxygens (including phenoxy) is 2. The number of hydrogen-bond donors (Lipinski definition) is 0. The van der Waals surface area contributed by atoms with Gasteiger partial charge in [-0.25, -0.2) is 4.98 Å². The molecule has 9 nitrogen and oxygen atoms in total. The molecule has 0 spiro atoms. The van der Waals surface area contributed by atoms with Gasteiger partial charge in [-0.05, 0) is 63.8 Å². The molecule has 0 aliphatic carbocycles. The Morgan fingerprint density at radius 2 is 1.69 bits per heavy atom. The average molecular weight is 489 g/mol. The molecular weight excluding hydrogens is 456 g/mol. The van der Waals surface area contributed by atoms with E-state index < -0.39 is 5.54 Å². The highest BCUT2D eigenvalue weighted by Crippen LogP contribution is 2.42. The minimum Gasteiger partial charge on any atom is -0.493 e. The minimum absolute atomic E-state index is 0.0460. The lowest BCUT2D eigenvalue weighted by Gasteiger charge is -2.35. The maximum atomic E-state index is 14.2. The number of aromatic nitrogens is 5. The highest BCUT2D eigenvalue weighted by atomic mass is 16.5. The van der Waals surface area contributed by atoms with Gasteiger partial charge in [-0.1, -0.05) is 0 Å². The number of likely N-dealkylation sites (tertiary alicyclic amines) is 1. The normalized spacial score (nSPS) is 17.7. The van der Waals surface area contributed by atoms with Crippen molar-refractivity contribution in [2.75, 3.05) is 20.8 Å². The zero-order valence-electron chi connectivity index (χ0n) is 21.7. The molecule has 0 saturated carbocycles. The van der Waals surface area contributed by atoms with E-state index in [1.165, 1.54) is 4.80 Å². The van der Waals surface area contributed by atoms with Crippen LogP contribution in [0.4, 0.5) is 0 Å². The second kappa shape index (κ2) is 8.96. The first-order valence-electron chi connectivity index (χ1n) is 12.2. The Kier molecular flexibility index (Phi) is 5.94. The summed E-state index contributed by atoms with van der Waals surface area (Å²) in [4.78, 5) is 22.8. The molecule has 1 aliphatic rings. The number of amides is 1. The number of benzene rings is 2. The third-order valence-corrected chi connectivity index (χ3v) is 7.41. The molecule has 4 aromatic rings. The van der Waals surface area contributed by atoms with Gasteiger partial charge in [0, 0.05) is 25.2 Å². The minimum atomic E-state index is -0.583. The van der Waals surface area contributed by atoms with Crippen molar-refractivity contribution < 1.29 is 14.3 Å². The van der Waals surface area contributed by atoms with Crippen LogP contribution in [0.5, 0.6) is 11.5 Å². The van der Waals surface area contributed by atoms with Gasteiger partial charge in [0.05, 0.1) is 54.4 Å². The van der Waals surface area contributed by atoms with Crippen LogP contribution in [-0.2, 0) is 12.1 Å². The number of methoxy groups -OCH3 is 2. The van der Waals surface area contributed by atoms with E-state index in [2.05, 4.69) is 28.6 Å². The lowest BCUT2D eigenvalue weighted by Crippen LogP contribution is -2.45. The van der Waals surface area contributed by atoms with Gasteiger partial charge >= 0.3 is 0 Å². The Labute approximate surface area is 210 Å². The first-order chi connectivity index (χ1) is 17.3. The molecule has 3 heterocycles. The van der Waals surface area contributed by atoms with Crippen molar-refractivity contribution in [3.05, 3.63) is 59.2 Å². The van der Waals surface area contributed by atoms with Crippen molar-refractivity contribution in [2.24, 2.45) is 0 Å². The summed E-state index contributed by atoms with van der Waals surface area (Å²) >= 11 is 0. The standard InChI is InChI=1S/C27H32N6O3/c1-7-31-22-16-24(36-6)23(35-5)15-20(22)30-26(31)27(4)9-8-12-32(27)25(34)19-13-17(2)18(3)14-21(19)33-28-10-11-29-33/h10-11,13-16H,7-9,12H2,1-6H3. The van der Waals surface area contributed by atoms with Gasteiger partial charge in [0.2, 0.25) is 0 Å². The van der Waals surface area contributed by atoms with E-state index in [1.807, 2.05) is 43.0 Å². The van der Waals surface area contributed by atoms with Crippen LogP contribution in [-0.4, -0.2) is 56.1 Å². The van der Waals surface area contributed by atoms with Crippen molar-refractivity contribution >= 4 is 16.9 Å². The number of carbonyl (C=O) groups excluding carboxylic acids is 1. The summed E-state index contributed by atoms with van der Waals surface area (Å²) in [5.41, 5.74) is 4.59. The summed E-state index contributed by atoms with van der Waals surface area (Å²) in [6.07, 6.45) is 4.95. The van der Waals surface area contributed by atoms with Crippen molar-refractivity contribution in [1.29, 1.82) is 0 Å². The molecule has 2 aromatic carbocycles. The predicted octanol–water partition coefficient (Wildman–Crippen LogP) is 4.42. The van der Waals surface area contributed by atoms with Crippen molar-refractivity contribution in [2.45, 2.75) is 52.6 Å². The molecule has 1 unspecified atom stereocenters. The molecule has 1 saturated heterocycles. The zero-order valence-corrected chi connectivity index (χ0v) is 21.7. The first-order valence-corrected chi connectivity index (χ1v) is 12.2. The van der Waals surface area contributed by atoms with Gasteiger partial charge in [0.15, 0.2) is 11.5 Å². The SMILES string of the molecule is CCn1c(C2(C)CCCN2C(=O)c2cc(C)c(C)cc2-n2nccn2)nc2cc(OC)c(OC)cc21. The smallest absolute Gasteiger partial charge is 0.256 e. The molecular formula is C27H32N6O3. The average Bonchev–Trinajstić information content (AvgIpc) is 3.62. The lowest BCUT2D eigenvalue weighted by atomic mass is 9.95. The molecule has 9 heteroatoms. The molecule has 1 amide bonds.